The number of esters is 2. The molecule has 0 heterocycles. The summed E-state index contributed by atoms with van der Waals surface area (Å²) < 4.78 is 22.4. The highest BCUT2D eigenvalue weighted by Crippen LogP contribution is 2.17. The number of ether oxygens (including phenoxy) is 4. The van der Waals surface area contributed by atoms with Gasteiger partial charge in [0.15, 0.2) is 0 Å². The zero-order chi connectivity index (χ0) is 44.7. The molecule has 0 rings (SSSR count). The normalized spacial score (nSPS) is 11.8. The topological polar surface area (TPSA) is 94.6 Å². The Morgan fingerprint density at radius 2 is 0.803 bits per heavy atom. The largest absolute Gasteiger partial charge is 0.508 e. The number of likely N-dealkylation sites (N-methyl/N-ethyl adjacent to an activating group) is 2. The third kappa shape index (κ3) is 42.7. The lowest BCUT2D eigenvalue weighted by atomic mass is 10.0. The molecule has 0 radical (unpaired) electrons. The van der Waals surface area contributed by atoms with Crippen molar-refractivity contribution in [1.82, 2.24) is 9.80 Å². The van der Waals surface area contributed by atoms with Crippen molar-refractivity contribution in [3.8, 4) is 0 Å². The van der Waals surface area contributed by atoms with Crippen molar-refractivity contribution in [3.63, 3.8) is 0 Å². The van der Waals surface area contributed by atoms with Crippen molar-refractivity contribution >= 4 is 18.1 Å². The van der Waals surface area contributed by atoms with Gasteiger partial charge in [0.1, 0.15) is 12.7 Å². The summed E-state index contributed by atoms with van der Waals surface area (Å²) in [7, 11) is 0. The van der Waals surface area contributed by atoms with Crippen molar-refractivity contribution in [2.75, 3.05) is 59.1 Å². The Balaban J connectivity index is 4.37. The van der Waals surface area contributed by atoms with Gasteiger partial charge in [-0.3, -0.25) is 14.5 Å². The van der Waals surface area contributed by atoms with Crippen LogP contribution in [0.5, 0.6) is 0 Å². The molecule has 0 aliphatic carbocycles. The highest BCUT2D eigenvalue weighted by molar-refractivity contribution is 5.69. The number of carbonyl (C=O) groups excluding carboxylic acids is 3. The van der Waals surface area contributed by atoms with Crippen LogP contribution < -0.4 is 0 Å². The predicted octanol–water partition coefficient (Wildman–Crippen LogP) is 14.1. The lowest BCUT2D eigenvalue weighted by molar-refractivity contribution is -0.144. The van der Waals surface area contributed by atoms with E-state index in [0.29, 0.717) is 39.2 Å². The second-order valence-electron chi connectivity index (χ2n) is 17.0. The van der Waals surface area contributed by atoms with Gasteiger partial charge in [-0.1, -0.05) is 149 Å². The fraction of sp³-hybridized carbons (Fsp3) is 0.865. The van der Waals surface area contributed by atoms with Gasteiger partial charge in [-0.25, -0.2) is 4.79 Å². The van der Waals surface area contributed by atoms with Crippen LogP contribution in [0, 0.1) is 0 Å². The summed E-state index contributed by atoms with van der Waals surface area (Å²) in [5, 5.41) is 0. The third-order valence-electron chi connectivity index (χ3n) is 11.6. The van der Waals surface area contributed by atoms with Crippen LogP contribution >= 0.6 is 0 Å². The van der Waals surface area contributed by atoms with E-state index in [4.69, 9.17) is 18.9 Å². The fourth-order valence-corrected chi connectivity index (χ4v) is 7.35. The molecule has 9 nitrogen and oxygen atoms in total. The summed E-state index contributed by atoms with van der Waals surface area (Å²) >= 11 is 0. The highest BCUT2D eigenvalue weighted by atomic mass is 16.7. The molecule has 0 fully saturated rings. The van der Waals surface area contributed by atoms with Gasteiger partial charge < -0.3 is 23.8 Å². The molecule has 0 N–H and O–H groups in total. The Labute approximate surface area is 376 Å². The molecule has 0 amide bonds. The standard InChI is InChI=1S/C52H98N2O7/c1-6-11-13-15-17-19-21-23-25-27-35-41-50(55)58-46-37-31-29-33-39-49(61-52(57)60-48-45-54(10-5)44-43-53(8-3)9-4)40-34-30-32-38-47-59-51(56)42-36-28-26-24-22-20-18-16-14-12-7-2/h15-18,49H,6-14,19-48H2,1-5H3/b17-15-,18-16-. The number of unbranched alkanes of at least 4 members (excludes halogenated alkanes) is 20. The maximum Gasteiger partial charge on any atom is 0.508 e. The minimum atomic E-state index is -0.575. The molecular formula is C52H98N2O7. The number of hydrogen-bond donors (Lipinski definition) is 0. The van der Waals surface area contributed by atoms with Crippen LogP contribution in [-0.2, 0) is 28.5 Å². The number of carbonyl (C=O) groups is 3. The first-order chi connectivity index (χ1) is 29.9. The first-order valence-corrected chi connectivity index (χ1v) is 25.8. The SMILES string of the molecule is CCCC/C=C\CCCCCCCC(=O)OCCCCCCC(CCCCCCOC(=O)CCCCCCC/C=C\CCCC)OC(=O)OCCN(CC)CCN(CC)CC. The zero-order valence-corrected chi connectivity index (χ0v) is 40.7. The van der Waals surface area contributed by atoms with Gasteiger partial charge in [-0.15, -0.1) is 0 Å². The molecule has 0 saturated heterocycles. The van der Waals surface area contributed by atoms with Crippen molar-refractivity contribution in [3.05, 3.63) is 24.3 Å². The van der Waals surface area contributed by atoms with Crippen LogP contribution in [0.1, 0.15) is 227 Å². The maximum absolute atomic E-state index is 12.8. The summed E-state index contributed by atoms with van der Waals surface area (Å²) in [6, 6.07) is 0. The molecule has 358 valence electrons. The Kier molecular flexibility index (Phi) is 45.3. The van der Waals surface area contributed by atoms with Crippen LogP contribution in [0.3, 0.4) is 0 Å². The molecule has 0 aromatic carbocycles. The Bertz CT molecular complexity index is 973. The molecule has 9 heteroatoms. The van der Waals surface area contributed by atoms with Crippen molar-refractivity contribution in [2.45, 2.75) is 233 Å². The van der Waals surface area contributed by atoms with Crippen LogP contribution in [-0.4, -0.2) is 93.1 Å². The zero-order valence-electron chi connectivity index (χ0n) is 40.7. The molecule has 0 atom stereocenters. The van der Waals surface area contributed by atoms with Gasteiger partial charge in [0.05, 0.1) is 13.2 Å². The van der Waals surface area contributed by atoms with E-state index in [2.05, 4.69) is 68.7 Å². The van der Waals surface area contributed by atoms with Crippen LogP contribution in [0.2, 0.25) is 0 Å². The number of rotatable bonds is 46. The lowest BCUT2D eigenvalue weighted by Crippen LogP contribution is -2.37. The third-order valence-corrected chi connectivity index (χ3v) is 11.6. The molecule has 0 spiro atoms. The van der Waals surface area contributed by atoms with E-state index in [9.17, 15) is 14.4 Å². The summed E-state index contributed by atoms with van der Waals surface area (Å²) in [5.74, 6) is -0.152. The van der Waals surface area contributed by atoms with E-state index in [0.717, 1.165) is 123 Å². The summed E-state index contributed by atoms with van der Waals surface area (Å²) in [6.07, 6.45) is 39.8. The monoisotopic (exact) mass is 863 g/mol. The molecule has 0 aromatic rings. The highest BCUT2D eigenvalue weighted by Gasteiger charge is 2.16. The van der Waals surface area contributed by atoms with Crippen molar-refractivity contribution < 1.29 is 33.3 Å². The fourth-order valence-electron chi connectivity index (χ4n) is 7.35. The molecule has 0 aliphatic heterocycles. The van der Waals surface area contributed by atoms with Gasteiger partial charge in [0.25, 0.3) is 0 Å². The van der Waals surface area contributed by atoms with E-state index in [-0.39, 0.29) is 18.0 Å². The minimum absolute atomic E-state index is 0.0760. The average Bonchev–Trinajstić information content (AvgIpc) is 3.26. The van der Waals surface area contributed by atoms with Crippen molar-refractivity contribution in [2.24, 2.45) is 0 Å². The second kappa shape index (κ2) is 47.1. The molecule has 61 heavy (non-hydrogen) atoms. The van der Waals surface area contributed by atoms with E-state index in [1.807, 2.05) is 0 Å². The summed E-state index contributed by atoms with van der Waals surface area (Å²) in [6.45, 7) is 17.9. The molecule has 0 unspecified atom stereocenters. The first kappa shape index (κ1) is 58.6. The summed E-state index contributed by atoms with van der Waals surface area (Å²) in [4.78, 5) is 41.9. The average molecular weight is 863 g/mol. The maximum atomic E-state index is 12.8. The van der Waals surface area contributed by atoms with Gasteiger partial charge >= 0.3 is 18.1 Å². The quantitative estimate of drug-likeness (QED) is 0.0257. The molecule has 0 saturated carbocycles. The molecule has 0 aromatic heterocycles. The first-order valence-electron chi connectivity index (χ1n) is 25.8. The van der Waals surface area contributed by atoms with Crippen LogP contribution in [0.25, 0.3) is 0 Å². The summed E-state index contributed by atoms with van der Waals surface area (Å²) in [5.41, 5.74) is 0. The smallest absolute Gasteiger partial charge is 0.466 e. The van der Waals surface area contributed by atoms with Gasteiger partial charge in [-0.2, -0.15) is 0 Å². The lowest BCUT2D eigenvalue weighted by Gasteiger charge is -2.25. The van der Waals surface area contributed by atoms with E-state index >= 15 is 0 Å². The Morgan fingerprint density at radius 3 is 1.26 bits per heavy atom. The van der Waals surface area contributed by atoms with E-state index < -0.39 is 6.16 Å². The van der Waals surface area contributed by atoms with E-state index in [1.54, 1.807) is 0 Å². The predicted molar refractivity (Wildman–Crippen MR) is 256 cm³/mol. The van der Waals surface area contributed by atoms with Crippen LogP contribution in [0.15, 0.2) is 24.3 Å². The van der Waals surface area contributed by atoms with Crippen LogP contribution in [0.4, 0.5) is 4.79 Å². The Hall–Kier alpha value is -2.39. The van der Waals surface area contributed by atoms with Gasteiger partial charge in [0.2, 0.25) is 0 Å². The second-order valence-corrected chi connectivity index (χ2v) is 17.0. The molecular weight excluding hydrogens is 765 g/mol. The molecule has 0 bridgehead atoms. The van der Waals surface area contributed by atoms with Gasteiger partial charge in [-0.05, 0) is 110 Å². The van der Waals surface area contributed by atoms with Gasteiger partial charge in [0, 0.05) is 32.5 Å². The van der Waals surface area contributed by atoms with E-state index in [1.165, 1.54) is 89.9 Å². The number of nitrogens with zero attached hydrogens (tertiary/aromatic N) is 2. The van der Waals surface area contributed by atoms with Crippen molar-refractivity contribution in [1.29, 1.82) is 0 Å². The minimum Gasteiger partial charge on any atom is -0.466 e. The number of allylic oxidation sites excluding steroid dienone is 4. The Morgan fingerprint density at radius 1 is 0.410 bits per heavy atom. The molecule has 0 aliphatic rings. The number of hydrogen-bond acceptors (Lipinski definition) is 9.